The molecule has 0 aromatic rings. The average molecular weight is 423 g/mol. The molecule has 0 heterocycles. The van der Waals surface area contributed by atoms with E-state index >= 15 is 8.22 Å². The zero-order valence-electron chi connectivity index (χ0n) is 21.2. The van der Waals surface area contributed by atoms with Gasteiger partial charge in [-0.15, -0.1) is 0 Å². The predicted octanol–water partition coefficient (Wildman–Crippen LogP) is 2.47. The summed E-state index contributed by atoms with van der Waals surface area (Å²) in [6, 6.07) is 0. The maximum atomic E-state index is 15.4. The third-order valence-corrected chi connectivity index (χ3v) is 24.0. The molecule has 0 unspecified atom stereocenters. The second-order valence-electron chi connectivity index (χ2n) is 11.9. The standard InChI is InChI=1S/C18H42F2N2Si3.2Li/c1-15(2,3)23(13,16(4,5)6)21-25(19,20)22-24(14,17(7,8)9)18(10,11)12;;/h1-14H3;;/q-2;2*+1. The van der Waals surface area contributed by atoms with Gasteiger partial charge in [-0.25, -0.2) is 0 Å². The molecule has 2 nitrogen and oxygen atoms in total. The fourth-order valence-corrected chi connectivity index (χ4v) is 18.3. The van der Waals surface area contributed by atoms with Crippen LogP contribution in [-0.2, 0) is 0 Å². The number of rotatable bonds is 4. The monoisotopic (exact) mass is 422 g/mol. The molecule has 0 aliphatic heterocycles. The van der Waals surface area contributed by atoms with Crippen molar-refractivity contribution >= 4 is 25.5 Å². The molecule has 0 saturated heterocycles. The van der Waals surface area contributed by atoms with Crippen LogP contribution in [0.15, 0.2) is 0 Å². The summed E-state index contributed by atoms with van der Waals surface area (Å²) in [5, 5.41) is -0.950. The summed E-state index contributed by atoms with van der Waals surface area (Å²) < 4.78 is 39.6. The van der Waals surface area contributed by atoms with Crippen molar-refractivity contribution in [3.63, 3.8) is 0 Å². The number of hydrogen-bond acceptors (Lipinski definition) is 0. The van der Waals surface area contributed by atoms with Crippen molar-refractivity contribution in [2.45, 2.75) is 116 Å². The van der Waals surface area contributed by atoms with E-state index in [0.29, 0.717) is 0 Å². The normalized spacial score (nSPS) is 15.1. The Bertz CT molecular complexity index is 407. The molecule has 0 aliphatic carbocycles. The zero-order valence-corrected chi connectivity index (χ0v) is 24.2. The van der Waals surface area contributed by atoms with Crippen LogP contribution in [0, 0.1) is 0 Å². The van der Waals surface area contributed by atoms with Gasteiger partial charge in [-0.3, -0.25) is 0 Å². The SMILES string of the molecule is CC(C)(C)[Si](C)([N-][Si](F)(F)[N-][Si](C)(C(C)(C)C)C(C)(C)C)C(C)(C)C.[Li+].[Li+]. The third kappa shape index (κ3) is 7.37. The van der Waals surface area contributed by atoms with Gasteiger partial charge in [0.1, 0.15) is 0 Å². The van der Waals surface area contributed by atoms with Gasteiger partial charge in [-0.2, -0.15) is 0 Å². The molecule has 0 N–H and O–H groups in total. The molecule has 0 fully saturated rings. The van der Waals surface area contributed by atoms with E-state index in [-0.39, 0.29) is 57.9 Å². The van der Waals surface area contributed by atoms with Crippen molar-refractivity contribution in [3.8, 4) is 0 Å². The van der Waals surface area contributed by atoms with Crippen LogP contribution in [0.4, 0.5) is 8.22 Å². The Labute approximate surface area is 196 Å². The molecule has 0 aromatic carbocycles. The smallest absolute Gasteiger partial charge is 0.627 e. The summed E-state index contributed by atoms with van der Waals surface area (Å²) in [5.41, 5.74) is 0. The predicted molar refractivity (Wildman–Crippen MR) is 117 cm³/mol. The molecule has 27 heavy (non-hydrogen) atoms. The molecule has 0 aliphatic rings. The van der Waals surface area contributed by atoms with Gasteiger partial charge in [0.2, 0.25) is 9.06 Å². The number of nitrogens with zero attached hydrogens (tertiary/aromatic N) is 2. The molecule has 0 aromatic heterocycles. The van der Waals surface area contributed by atoms with Crippen LogP contribution in [-0.4, -0.2) is 25.5 Å². The van der Waals surface area contributed by atoms with E-state index in [1.165, 1.54) is 0 Å². The largest absolute Gasteiger partial charge is 1.00 e. The molecule has 0 amide bonds. The van der Waals surface area contributed by atoms with E-state index in [0.717, 1.165) is 0 Å². The molecule has 0 saturated carbocycles. The van der Waals surface area contributed by atoms with Gasteiger partial charge < -0.3 is 17.5 Å². The average Bonchev–Trinajstić information content (AvgIpc) is 2.20. The summed E-state index contributed by atoms with van der Waals surface area (Å²) in [5.74, 6) is 0. The Morgan fingerprint density at radius 1 is 0.481 bits per heavy atom. The van der Waals surface area contributed by atoms with Gasteiger partial charge in [-0.1, -0.05) is 116 Å². The van der Waals surface area contributed by atoms with E-state index < -0.39 is 25.5 Å². The number of halogens is 2. The molecule has 152 valence electrons. The van der Waals surface area contributed by atoms with Crippen molar-refractivity contribution in [3.05, 3.63) is 9.30 Å². The van der Waals surface area contributed by atoms with E-state index in [9.17, 15) is 0 Å². The number of hydrogen-bond donors (Lipinski definition) is 0. The third-order valence-electron chi connectivity index (χ3n) is 6.56. The van der Waals surface area contributed by atoms with Crippen LogP contribution in [0.5, 0.6) is 0 Å². The van der Waals surface area contributed by atoms with Gasteiger partial charge in [0.15, 0.2) is 0 Å². The van der Waals surface area contributed by atoms with Crippen molar-refractivity contribution in [2.24, 2.45) is 0 Å². The summed E-state index contributed by atoms with van der Waals surface area (Å²) in [6.07, 6.45) is 0. The second-order valence-corrected chi connectivity index (χ2v) is 25.0. The van der Waals surface area contributed by atoms with Crippen LogP contribution in [0.2, 0.25) is 33.2 Å². The molecule has 0 atom stereocenters. The summed E-state index contributed by atoms with van der Waals surface area (Å²) in [4.78, 5) is 0. The van der Waals surface area contributed by atoms with E-state index in [1.807, 2.05) is 13.1 Å². The first kappa shape index (κ1) is 33.3. The fourth-order valence-electron chi connectivity index (χ4n) is 3.48. The maximum Gasteiger partial charge on any atom is 1.00 e. The topological polar surface area (TPSA) is 28.2 Å². The van der Waals surface area contributed by atoms with Crippen LogP contribution < -0.4 is 37.7 Å². The first-order chi connectivity index (χ1) is 10.4. The van der Waals surface area contributed by atoms with Crippen LogP contribution in [0.1, 0.15) is 83.1 Å². The van der Waals surface area contributed by atoms with Crippen molar-refractivity contribution in [1.29, 1.82) is 0 Å². The molecule has 0 bridgehead atoms. The second kappa shape index (κ2) is 9.41. The van der Waals surface area contributed by atoms with Gasteiger partial charge in [-0.05, 0) is 16.5 Å². The first-order valence-corrected chi connectivity index (χ1v) is 15.8. The Morgan fingerprint density at radius 2 is 0.630 bits per heavy atom. The molecule has 9 heteroatoms. The first-order valence-electron chi connectivity index (χ1n) is 9.27. The Hall–Kier alpha value is 1.63. The summed E-state index contributed by atoms with van der Waals surface area (Å²) >= 11 is 0. The Morgan fingerprint density at radius 3 is 0.741 bits per heavy atom. The summed E-state index contributed by atoms with van der Waals surface area (Å²) in [6.45, 7) is 28.7. The summed E-state index contributed by atoms with van der Waals surface area (Å²) in [7, 11) is -10.3. The van der Waals surface area contributed by atoms with Gasteiger partial charge in [0, 0.05) is 0 Å². The minimum atomic E-state index is -5.04. The molecule has 0 spiro atoms. The van der Waals surface area contributed by atoms with Crippen molar-refractivity contribution < 1.29 is 45.9 Å². The fraction of sp³-hybridized carbons (Fsp3) is 1.00. The molecular weight excluding hydrogens is 380 g/mol. The van der Waals surface area contributed by atoms with E-state index in [2.05, 4.69) is 92.4 Å². The minimum absolute atomic E-state index is 0. The van der Waals surface area contributed by atoms with Crippen molar-refractivity contribution in [1.82, 2.24) is 0 Å². The van der Waals surface area contributed by atoms with Gasteiger partial charge >= 0.3 is 37.7 Å². The van der Waals surface area contributed by atoms with Gasteiger partial charge in [0.25, 0.3) is 0 Å². The quantitative estimate of drug-likeness (QED) is 0.492. The van der Waals surface area contributed by atoms with Gasteiger partial charge in [0.05, 0.1) is 0 Å². The zero-order chi connectivity index (χ0) is 20.9. The van der Waals surface area contributed by atoms with Crippen LogP contribution in [0.3, 0.4) is 0 Å². The maximum absolute atomic E-state index is 15.4. The van der Waals surface area contributed by atoms with Crippen LogP contribution >= 0.6 is 0 Å². The van der Waals surface area contributed by atoms with Crippen LogP contribution in [0.25, 0.3) is 9.30 Å². The minimum Gasteiger partial charge on any atom is -0.627 e. The Balaban J connectivity index is -0.00000288. The molecule has 0 radical (unpaired) electrons. The van der Waals surface area contributed by atoms with E-state index in [1.54, 1.807) is 0 Å². The molecule has 0 rings (SSSR count). The molecular formula is C18H42F2Li2N2Si3. The Kier molecular flexibility index (Phi) is 11.6. The van der Waals surface area contributed by atoms with Crippen molar-refractivity contribution in [2.75, 3.05) is 0 Å². The van der Waals surface area contributed by atoms with E-state index in [4.69, 9.17) is 0 Å².